The van der Waals surface area contributed by atoms with E-state index in [0.29, 0.717) is 27.4 Å². The van der Waals surface area contributed by atoms with Crippen molar-refractivity contribution in [1.29, 1.82) is 5.26 Å². The Labute approximate surface area is 152 Å². The average molecular weight is 357 g/mol. The van der Waals surface area contributed by atoms with Crippen LogP contribution in [-0.2, 0) is 0 Å². The Morgan fingerprint density at radius 2 is 2.12 bits per heavy atom. The van der Waals surface area contributed by atoms with E-state index >= 15 is 0 Å². The summed E-state index contributed by atoms with van der Waals surface area (Å²) in [5.41, 5.74) is 2.19. The zero-order chi connectivity index (χ0) is 17.9. The predicted octanol–water partition coefficient (Wildman–Crippen LogP) is 4.38. The van der Waals surface area contributed by atoms with E-state index in [1.165, 1.54) is 11.3 Å². The molecule has 0 amide bonds. The topological polar surface area (TPSA) is 79.8 Å². The number of nitrogens with zero attached hydrogens (tertiary/aromatic N) is 3. The molecule has 0 fully saturated rings. The molecule has 0 N–H and O–H groups in total. The van der Waals surface area contributed by atoms with Crippen LogP contribution in [0, 0.1) is 11.3 Å². The molecular weight excluding hydrogens is 346 g/mol. The van der Waals surface area contributed by atoms with Crippen LogP contribution in [0.3, 0.4) is 0 Å². The smallest absolute Gasteiger partial charge is 0.345 e. The molecule has 3 aromatic heterocycles. The number of hydrogen-bond acceptors (Lipinski definition) is 6. The average Bonchev–Trinajstić information content (AvgIpc) is 3.16. The summed E-state index contributed by atoms with van der Waals surface area (Å²) < 4.78 is 5.36. The Kier molecular flexibility index (Phi) is 4.14. The number of rotatable bonds is 3. The van der Waals surface area contributed by atoms with Gasteiger partial charge in [0.05, 0.1) is 16.8 Å². The van der Waals surface area contributed by atoms with E-state index in [2.05, 4.69) is 16.0 Å². The molecule has 0 unspecified atom stereocenters. The molecule has 0 spiro atoms. The van der Waals surface area contributed by atoms with Crippen LogP contribution in [-0.4, -0.2) is 9.97 Å². The van der Waals surface area contributed by atoms with Gasteiger partial charge in [0.15, 0.2) is 0 Å². The van der Waals surface area contributed by atoms with Crippen molar-refractivity contribution in [3.05, 3.63) is 81.2 Å². The monoisotopic (exact) mass is 357 g/mol. The van der Waals surface area contributed by atoms with Gasteiger partial charge in [-0.15, -0.1) is 11.3 Å². The van der Waals surface area contributed by atoms with Gasteiger partial charge in [-0.1, -0.05) is 24.3 Å². The predicted molar refractivity (Wildman–Crippen MR) is 101 cm³/mol. The minimum atomic E-state index is -0.449. The van der Waals surface area contributed by atoms with Crippen molar-refractivity contribution >= 4 is 34.0 Å². The number of benzene rings is 1. The van der Waals surface area contributed by atoms with Gasteiger partial charge < -0.3 is 4.42 Å². The molecule has 6 heteroatoms. The van der Waals surface area contributed by atoms with E-state index < -0.39 is 5.63 Å². The lowest BCUT2D eigenvalue weighted by atomic mass is 10.1. The van der Waals surface area contributed by atoms with Crippen LogP contribution in [0.25, 0.3) is 33.9 Å². The Bertz CT molecular complexity index is 1220. The zero-order valence-electron chi connectivity index (χ0n) is 13.4. The number of nitriles is 1. The molecule has 0 atom stereocenters. The number of thiazole rings is 1. The van der Waals surface area contributed by atoms with Gasteiger partial charge in [-0.2, -0.15) is 5.26 Å². The zero-order valence-corrected chi connectivity index (χ0v) is 14.2. The fraction of sp³-hybridized carbons (Fsp3) is 0. The summed E-state index contributed by atoms with van der Waals surface area (Å²) in [5, 5.41) is 12.6. The lowest BCUT2D eigenvalue weighted by molar-refractivity contribution is 0.563. The normalized spacial score (nSPS) is 11.4. The summed E-state index contributed by atoms with van der Waals surface area (Å²) in [6, 6.07) is 14.9. The van der Waals surface area contributed by atoms with Gasteiger partial charge >= 0.3 is 5.63 Å². The number of hydrogen-bond donors (Lipinski definition) is 0. The molecule has 0 aliphatic carbocycles. The summed E-state index contributed by atoms with van der Waals surface area (Å²) in [7, 11) is 0. The van der Waals surface area contributed by atoms with Gasteiger partial charge in [0.25, 0.3) is 0 Å². The van der Waals surface area contributed by atoms with Crippen molar-refractivity contribution in [3.63, 3.8) is 0 Å². The number of aromatic nitrogens is 2. The maximum Gasteiger partial charge on any atom is 0.345 e. The van der Waals surface area contributed by atoms with E-state index in [1.807, 2.05) is 24.3 Å². The highest BCUT2D eigenvalue weighted by Crippen LogP contribution is 2.27. The largest absolute Gasteiger partial charge is 0.422 e. The summed E-state index contributed by atoms with van der Waals surface area (Å²) in [4.78, 5) is 20.8. The maximum absolute atomic E-state index is 12.3. The van der Waals surface area contributed by atoms with Crippen LogP contribution >= 0.6 is 11.3 Å². The van der Waals surface area contributed by atoms with Crippen molar-refractivity contribution in [2.75, 3.05) is 0 Å². The summed E-state index contributed by atoms with van der Waals surface area (Å²) in [6.07, 6.45) is 5.06. The highest BCUT2D eigenvalue weighted by atomic mass is 32.1. The Hall–Kier alpha value is -3.56. The Morgan fingerprint density at radius 1 is 1.23 bits per heavy atom. The van der Waals surface area contributed by atoms with Gasteiger partial charge in [0, 0.05) is 23.2 Å². The molecule has 4 rings (SSSR count). The van der Waals surface area contributed by atoms with Gasteiger partial charge in [-0.3, -0.25) is 4.98 Å². The number of allylic oxidation sites excluding steroid dienone is 1. The first-order valence-corrected chi connectivity index (χ1v) is 8.63. The highest BCUT2D eigenvalue weighted by Gasteiger charge is 2.13. The summed E-state index contributed by atoms with van der Waals surface area (Å²) in [5.74, 6) is 0. The van der Waals surface area contributed by atoms with E-state index in [-0.39, 0.29) is 0 Å². The quantitative estimate of drug-likeness (QED) is 0.402. The molecule has 3 heterocycles. The third kappa shape index (κ3) is 3.04. The van der Waals surface area contributed by atoms with Crippen LogP contribution in [0.5, 0.6) is 0 Å². The second kappa shape index (κ2) is 6.75. The van der Waals surface area contributed by atoms with Gasteiger partial charge in [0.2, 0.25) is 0 Å². The van der Waals surface area contributed by atoms with Crippen molar-refractivity contribution in [2.45, 2.75) is 0 Å². The third-order valence-corrected chi connectivity index (χ3v) is 4.64. The second-order valence-electron chi connectivity index (χ2n) is 5.48. The maximum atomic E-state index is 12.3. The van der Waals surface area contributed by atoms with Gasteiger partial charge in [-0.25, -0.2) is 9.78 Å². The molecule has 0 bridgehead atoms. The standard InChI is InChI=1S/C20H11N3O2S/c21-10-15(8-13-4-3-7-22-11-13)19-23-17(12-26-19)16-9-14-5-1-2-6-18(14)25-20(16)24/h1-9,11-12H/b15-8+. The van der Waals surface area contributed by atoms with Crippen molar-refractivity contribution in [1.82, 2.24) is 9.97 Å². The van der Waals surface area contributed by atoms with Crippen LogP contribution < -0.4 is 5.63 Å². The molecule has 5 nitrogen and oxygen atoms in total. The van der Waals surface area contributed by atoms with Crippen molar-refractivity contribution < 1.29 is 4.42 Å². The van der Waals surface area contributed by atoms with Crippen LogP contribution in [0.2, 0.25) is 0 Å². The first-order valence-electron chi connectivity index (χ1n) is 7.75. The molecule has 124 valence electrons. The molecule has 0 aliphatic rings. The molecule has 0 saturated carbocycles. The van der Waals surface area contributed by atoms with E-state index in [4.69, 9.17) is 4.42 Å². The van der Waals surface area contributed by atoms with Crippen LogP contribution in [0.15, 0.2) is 69.5 Å². The number of pyridine rings is 1. The fourth-order valence-electron chi connectivity index (χ4n) is 2.53. The lowest BCUT2D eigenvalue weighted by Gasteiger charge is -1.99. The molecule has 26 heavy (non-hydrogen) atoms. The first kappa shape index (κ1) is 15.9. The van der Waals surface area contributed by atoms with Gasteiger partial charge in [-0.05, 0) is 29.8 Å². The molecular formula is C20H11N3O2S. The van der Waals surface area contributed by atoms with Gasteiger partial charge in [0.1, 0.15) is 16.7 Å². The summed E-state index contributed by atoms with van der Waals surface area (Å²) >= 11 is 1.31. The second-order valence-corrected chi connectivity index (χ2v) is 6.34. The third-order valence-electron chi connectivity index (χ3n) is 3.77. The van der Waals surface area contributed by atoms with E-state index in [9.17, 15) is 10.1 Å². The summed E-state index contributed by atoms with van der Waals surface area (Å²) in [6.45, 7) is 0. The lowest BCUT2D eigenvalue weighted by Crippen LogP contribution is -2.02. The molecule has 1 aromatic carbocycles. The molecule has 0 aliphatic heterocycles. The first-order chi connectivity index (χ1) is 12.7. The number of para-hydroxylation sites is 1. The number of fused-ring (bicyclic) bond motifs is 1. The minimum Gasteiger partial charge on any atom is -0.422 e. The molecule has 4 aromatic rings. The van der Waals surface area contributed by atoms with Crippen LogP contribution in [0.1, 0.15) is 10.6 Å². The van der Waals surface area contributed by atoms with E-state index in [1.54, 1.807) is 42.0 Å². The molecule has 0 radical (unpaired) electrons. The fourth-order valence-corrected chi connectivity index (χ4v) is 3.32. The minimum absolute atomic E-state index is 0.380. The SMILES string of the molecule is N#C/C(=C\c1cccnc1)c1nc(-c2cc3ccccc3oc2=O)cs1. The Balaban J connectivity index is 1.77. The van der Waals surface area contributed by atoms with E-state index in [0.717, 1.165) is 10.9 Å². The Morgan fingerprint density at radius 3 is 2.92 bits per heavy atom. The van der Waals surface area contributed by atoms with Crippen molar-refractivity contribution in [3.8, 4) is 17.3 Å². The van der Waals surface area contributed by atoms with Crippen LogP contribution in [0.4, 0.5) is 0 Å². The molecule has 0 saturated heterocycles. The highest BCUT2D eigenvalue weighted by molar-refractivity contribution is 7.11. The van der Waals surface area contributed by atoms with Crippen molar-refractivity contribution in [2.24, 2.45) is 0 Å².